The van der Waals surface area contributed by atoms with Gasteiger partial charge in [-0.3, -0.25) is 19.8 Å². The molecular formula is C24H26ClN3O3. The Morgan fingerprint density at radius 1 is 1.03 bits per heavy atom. The van der Waals surface area contributed by atoms with Gasteiger partial charge in [-0.1, -0.05) is 36.9 Å². The molecular weight excluding hydrogens is 414 g/mol. The van der Waals surface area contributed by atoms with Crippen LogP contribution in [-0.2, 0) is 9.59 Å². The average Bonchev–Trinajstić information content (AvgIpc) is 3.01. The molecule has 1 aliphatic carbocycles. The van der Waals surface area contributed by atoms with Gasteiger partial charge in [0, 0.05) is 28.1 Å². The van der Waals surface area contributed by atoms with Crippen molar-refractivity contribution in [3.8, 4) is 5.69 Å². The molecule has 0 bridgehead atoms. The van der Waals surface area contributed by atoms with Crippen LogP contribution >= 0.6 is 11.6 Å². The van der Waals surface area contributed by atoms with E-state index in [4.69, 9.17) is 11.6 Å². The van der Waals surface area contributed by atoms with Gasteiger partial charge in [0.25, 0.3) is 11.8 Å². The Hall–Kier alpha value is -2.86. The first-order valence-corrected chi connectivity index (χ1v) is 11.0. The van der Waals surface area contributed by atoms with Crippen LogP contribution in [0.4, 0.5) is 4.79 Å². The lowest BCUT2D eigenvalue weighted by Gasteiger charge is -2.35. The number of barbiturate groups is 1. The van der Waals surface area contributed by atoms with E-state index in [9.17, 15) is 14.4 Å². The number of imide groups is 2. The molecule has 1 N–H and O–H groups in total. The minimum atomic E-state index is -0.648. The van der Waals surface area contributed by atoms with Gasteiger partial charge in [-0.05, 0) is 69.0 Å². The van der Waals surface area contributed by atoms with Crippen molar-refractivity contribution in [1.29, 1.82) is 0 Å². The highest BCUT2D eigenvalue weighted by Crippen LogP contribution is 2.29. The zero-order valence-electron chi connectivity index (χ0n) is 18.0. The molecule has 6 nitrogen and oxygen atoms in total. The molecule has 0 radical (unpaired) electrons. The van der Waals surface area contributed by atoms with Crippen LogP contribution in [0.3, 0.4) is 0 Å². The quantitative estimate of drug-likeness (QED) is 0.548. The number of carbonyl (C=O) groups excluding carboxylic acids is 3. The topological polar surface area (TPSA) is 71.4 Å². The Morgan fingerprint density at radius 3 is 2.42 bits per heavy atom. The van der Waals surface area contributed by atoms with Crippen molar-refractivity contribution in [2.45, 2.75) is 58.9 Å². The van der Waals surface area contributed by atoms with E-state index in [1.165, 1.54) is 4.90 Å². The summed E-state index contributed by atoms with van der Waals surface area (Å²) in [5.41, 5.74) is 4.48. The predicted molar refractivity (Wildman–Crippen MR) is 120 cm³/mol. The number of hydrogen-bond donors (Lipinski definition) is 1. The maximum atomic E-state index is 13.2. The van der Waals surface area contributed by atoms with E-state index >= 15 is 0 Å². The molecule has 1 aromatic carbocycles. The Balaban J connectivity index is 1.71. The summed E-state index contributed by atoms with van der Waals surface area (Å²) in [4.78, 5) is 39.3. The van der Waals surface area contributed by atoms with Crippen LogP contribution < -0.4 is 5.32 Å². The monoisotopic (exact) mass is 439 g/mol. The van der Waals surface area contributed by atoms with Crippen molar-refractivity contribution in [3.63, 3.8) is 0 Å². The van der Waals surface area contributed by atoms with Gasteiger partial charge in [-0.25, -0.2) is 4.79 Å². The van der Waals surface area contributed by atoms with Gasteiger partial charge in [0.1, 0.15) is 5.57 Å². The van der Waals surface area contributed by atoms with Crippen LogP contribution in [0.25, 0.3) is 11.8 Å². The van der Waals surface area contributed by atoms with E-state index in [2.05, 4.69) is 5.32 Å². The van der Waals surface area contributed by atoms with E-state index in [1.54, 1.807) is 6.08 Å². The maximum Gasteiger partial charge on any atom is 0.331 e. The number of nitrogens with one attached hydrogen (secondary N) is 1. The summed E-state index contributed by atoms with van der Waals surface area (Å²) in [6, 6.07) is 7.01. The van der Waals surface area contributed by atoms with Crippen LogP contribution in [0.2, 0.25) is 5.02 Å². The van der Waals surface area contributed by atoms with Crippen LogP contribution in [0.15, 0.2) is 29.8 Å². The summed E-state index contributed by atoms with van der Waals surface area (Å²) >= 11 is 6.31. The van der Waals surface area contributed by atoms with E-state index < -0.39 is 17.8 Å². The van der Waals surface area contributed by atoms with Crippen molar-refractivity contribution in [3.05, 3.63) is 57.4 Å². The second-order valence-electron chi connectivity index (χ2n) is 8.38. The summed E-state index contributed by atoms with van der Waals surface area (Å²) in [5, 5.41) is 3.02. The summed E-state index contributed by atoms with van der Waals surface area (Å²) in [6.07, 6.45) is 6.22. The van der Waals surface area contributed by atoms with Gasteiger partial charge in [-0.2, -0.15) is 0 Å². The van der Waals surface area contributed by atoms with E-state index in [1.807, 2.05) is 49.6 Å². The molecule has 162 valence electrons. The Bertz CT molecular complexity index is 1110. The molecule has 2 heterocycles. The number of carbonyl (C=O) groups is 3. The molecule has 2 aromatic rings. The minimum absolute atomic E-state index is 0.00707. The number of rotatable bonds is 3. The molecule has 2 fully saturated rings. The number of hydrogen-bond acceptors (Lipinski definition) is 3. The molecule has 1 aromatic heterocycles. The van der Waals surface area contributed by atoms with Gasteiger partial charge < -0.3 is 4.57 Å². The molecule has 2 aliphatic rings. The fourth-order valence-electron chi connectivity index (χ4n) is 4.55. The minimum Gasteiger partial charge on any atom is -0.318 e. The second-order valence-corrected chi connectivity index (χ2v) is 8.79. The number of amides is 4. The van der Waals surface area contributed by atoms with Crippen LogP contribution in [0, 0.1) is 20.8 Å². The van der Waals surface area contributed by atoms with Gasteiger partial charge in [0.15, 0.2) is 0 Å². The van der Waals surface area contributed by atoms with Gasteiger partial charge in [0.2, 0.25) is 0 Å². The van der Waals surface area contributed by atoms with Crippen molar-refractivity contribution >= 4 is 35.5 Å². The van der Waals surface area contributed by atoms with Gasteiger partial charge in [0.05, 0.1) is 0 Å². The SMILES string of the molecule is Cc1ccc(-n2c(C)cc(/C=C3\C(=O)NC(=O)N(C4CCCCC4)C3=O)c2C)cc1Cl. The highest BCUT2D eigenvalue weighted by atomic mass is 35.5. The Kier molecular flexibility index (Phi) is 5.75. The first kappa shape index (κ1) is 21.4. The first-order chi connectivity index (χ1) is 14.8. The van der Waals surface area contributed by atoms with Crippen LogP contribution in [0.5, 0.6) is 0 Å². The highest BCUT2D eigenvalue weighted by Gasteiger charge is 2.40. The molecule has 0 atom stereocenters. The number of aromatic nitrogens is 1. The Labute approximate surface area is 186 Å². The normalized spacial score (nSPS) is 19.3. The summed E-state index contributed by atoms with van der Waals surface area (Å²) < 4.78 is 2.03. The molecule has 4 rings (SSSR count). The van der Waals surface area contributed by atoms with Crippen molar-refractivity contribution < 1.29 is 14.4 Å². The van der Waals surface area contributed by atoms with Crippen molar-refractivity contribution in [2.75, 3.05) is 0 Å². The van der Waals surface area contributed by atoms with Crippen molar-refractivity contribution in [1.82, 2.24) is 14.8 Å². The lowest BCUT2D eigenvalue weighted by Crippen LogP contribution is -2.58. The summed E-state index contributed by atoms with van der Waals surface area (Å²) in [7, 11) is 0. The number of halogens is 1. The zero-order chi connectivity index (χ0) is 22.3. The fraction of sp³-hybridized carbons (Fsp3) is 0.375. The average molecular weight is 440 g/mol. The molecule has 0 unspecified atom stereocenters. The third kappa shape index (κ3) is 3.92. The lowest BCUT2D eigenvalue weighted by molar-refractivity contribution is -0.132. The maximum absolute atomic E-state index is 13.2. The number of nitrogens with zero attached hydrogens (tertiary/aromatic N) is 2. The number of urea groups is 1. The van der Waals surface area contributed by atoms with Crippen LogP contribution in [-0.4, -0.2) is 33.4 Å². The Morgan fingerprint density at radius 2 is 1.74 bits per heavy atom. The molecule has 1 saturated carbocycles. The zero-order valence-corrected chi connectivity index (χ0v) is 18.8. The summed E-state index contributed by atoms with van der Waals surface area (Å²) in [6.45, 7) is 5.84. The van der Waals surface area contributed by atoms with Gasteiger partial charge >= 0.3 is 6.03 Å². The molecule has 0 spiro atoms. The third-order valence-corrected chi connectivity index (χ3v) is 6.66. The molecule has 31 heavy (non-hydrogen) atoms. The number of aryl methyl sites for hydroxylation is 2. The predicted octanol–water partition coefficient (Wildman–Crippen LogP) is 4.85. The molecule has 7 heteroatoms. The smallest absolute Gasteiger partial charge is 0.318 e. The lowest BCUT2D eigenvalue weighted by atomic mass is 9.93. The molecule has 4 amide bonds. The summed E-state index contributed by atoms with van der Waals surface area (Å²) in [5.74, 6) is -1.16. The number of benzene rings is 1. The highest BCUT2D eigenvalue weighted by molar-refractivity contribution is 6.31. The fourth-order valence-corrected chi connectivity index (χ4v) is 4.72. The van der Waals surface area contributed by atoms with E-state index in [-0.39, 0.29) is 11.6 Å². The molecule has 1 aliphatic heterocycles. The molecule has 1 saturated heterocycles. The second kappa shape index (κ2) is 8.35. The van der Waals surface area contributed by atoms with E-state index in [0.717, 1.165) is 60.3 Å². The first-order valence-electron chi connectivity index (χ1n) is 10.6. The largest absolute Gasteiger partial charge is 0.331 e. The van der Waals surface area contributed by atoms with Crippen LogP contribution in [0.1, 0.15) is 54.6 Å². The standard InChI is InChI=1S/C24H26ClN3O3/c1-14-9-10-19(13-21(14)25)27-15(2)11-17(16(27)3)12-20-22(29)26-24(31)28(23(20)30)18-7-5-4-6-8-18/h9-13,18H,4-8H2,1-3H3,(H,26,29,31)/b20-12+. The van der Waals surface area contributed by atoms with Gasteiger partial charge in [-0.15, -0.1) is 0 Å². The van der Waals surface area contributed by atoms with E-state index in [0.29, 0.717) is 5.02 Å². The van der Waals surface area contributed by atoms with Crippen molar-refractivity contribution in [2.24, 2.45) is 0 Å². The third-order valence-electron chi connectivity index (χ3n) is 6.26.